The van der Waals surface area contributed by atoms with E-state index in [0.717, 1.165) is 24.0 Å². The molecule has 152 valence electrons. The third-order valence-corrected chi connectivity index (χ3v) is 5.17. The molecule has 7 nitrogen and oxygen atoms in total. The number of amides is 1. The largest absolute Gasteiger partial charge is 0.478 e. The van der Waals surface area contributed by atoms with Crippen molar-refractivity contribution in [3.05, 3.63) is 76.4 Å². The molecule has 0 saturated heterocycles. The van der Waals surface area contributed by atoms with E-state index in [1.165, 1.54) is 17.2 Å². The summed E-state index contributed by atoms with van der Waals surface area (Å²) in [5.41, 5.74) is 6.09. The van der Waals surface area contributed by atoms with Gasteiger partial charge in [0.25, 0.3) is 5.91 Å². The van der Waals surface area contributed by atoms with Gasteiger partial charge in [0.1, 0.15) is 0 Å². The van der Waals surface area contributed by atoms with Crippen LogP contribution in [-0.2, 0) is 17.8 Å². The predicted molar refractivity (Wildman–Crippen MR) is 107 cm³/mol. The Kier molecular flexibility index (Phi) is 6.77. The molecule has 1 aliphatic rings. The third kappa shape index (κ3) is 5.08. The highest BCUT2D eigenvalue weighted by molar-refractivity contribution is 5.90. The van der Waals surface area contributed by atoms with Crippen molar-refractivity contribution >= 4 is 18.0 Å². The van der Waals surface area contributed by atoms with Crippen LogP contribution >= 0.6 is 0 Å². The van der Waals surface area contributed by atoms with Crippen molar-refractivity contribution in [1.29, 1.82) is 0 Å². The summed E-state index contributed by atoms with van der Waals surface area (Å²) in [6.45, 7) is 1.17. The topological polar surface area (TPSA) is 110 Å². The van der Waals surface area contributed by atoms with Crippen LogP contribution in [0.25, 0.3) is 6.08 Å². The molecule has 0 fully saturated rings. The molecule has 2 aromatic rings. The molecule has 0 bridgehead atoms. The number of hydroxylamine groups is 1. The molecule has 0 aromatic heterocycles. The van der Waals surface area contributed by atoms with Crippen LogP contribution in [0, 0.1) is 0 Å². The second-order valence-electron chi connectivity index (χ2n) is 7.02. The van der Waals surface area contributed by atoms with E-state index in [0.29, 0.717) is 13.1 Å². The Balaban J connectivity index is 1.77. The predicted octanol–water partition coefficient (Wildman–Crippen LogP) is 2.39. The first-order valence-corrected chi connectivity index (χ1v) is 9.44. The van der Waals surface area contributed by atoms with E-state index in [9.17, 15) is 14.7 Å². The molecule has 2 aromatic carbocycles. The molecule has 1 aliphatic carbocycles. The van der Waals surface area contributed by atoms with Crippen LogP contribution in [0.3, 0.4) is 0 Å². The van der Waals surface area contributed by atoms with Crippen LogP contribution in [0.15, 0.2) is 48.5 Å². The third-order valence-electron chi connectivity index (χ3n) is 5.17. The number of hydrogen-bond donors (Lipinski definition) is 4. The maximum atomic E-state index is 11.2. The summed E-state index contributed by atoms with van der Waals surface area (Å²) < 4.78 is 0. The number of carboxylic acid groups (broad SMARTS) is 1. The van der Waals surface area contributed by atoms with Crippen LogP contribution in [0.2, 0.25) is 0 Å². The first-order valence-electron chi connectivity index (χ1n) is 9.44. The standard InChI is InChI=1S/C22H24N2O5/c25-12-11-24(14-16-1-5-17(6-2-16)22(27)28)20-9-7-18-13-15(3-8-19(18)20)4-10-21(26)23-29/h1-6,8,10,13,20,25,29H,7,9,11-12,14H2,(H,23,26)(H,27,28)/b10-4+. The summed E-state index contributed by atoms with van der Waals surface area (Å²) in [7, 11) is 0. The van der Waals surface area contributed by atoms with Crippen molar-refractivity contribution in [3.63, 3.8) is 0 Å². The minimum Gasteiger partial charge on any atom is -0.478 e. The summed E-state index contributed by atoms with van der Waals surface area (Å²) in [5.74, 6) is -1.53. The lowest BCUT2D eigenvalue weighted by Gasteiger charge is -2.29. The van der Waals surface area contributed by atoms with Gasteiger partial charge in [-0.1, -0.05) is 30.3 Å². The number of carbonyl (C=O) groups excluding carboxylic acids is 1. The maximum absolute atomic E-state index is 11.2. The lowest BCUT2D eigenvalue weighted by Crippen LogP contribution is -2.30. The van der Waals surface area contributed by atoms with E-state index in [2.05, 4.69) is 4.90 Å². The molecular weight excluding hydrogens is 372 g/mol. The Morgan fingerprint density at radius 3 is 2.59 bits per heavy atom. The second-order valence-corrected chi connectivity index (χ2v) is 7.02. The molecule has 7 heteroatoms. The first-order chi connectivity index (χ1) is 14.0. The minimum atomic E-state index is -0.949. The first kappa shape index (κ1) is 20.7. The van der Waals surface area contributed by atoms with Crippen molar-refractivity contribution in [2.45, 2.75) is 25.4 Å². The Labute approximate surface area is 168 Å². The van der Waals surface area contributed by atoms with E-state index < -0.39 is 11.9 Å². The van der Waals surface area contributed by atoms with Gasteiger partial charge >= 0.3 is 5.97 Å². The Hall–Kier alpha value is -3.00. The highest BCUT2D eigenvalue weighted by atomic mass is 16.5. The Morgan fingerprint density at radius 1 is 1.17 bits per heavy atom. The fraction of sp³-hybridized carbons (Fsp3) is 0.273. The lowest BCUT2D eigenvalue weighted by atomic mass is 10.0. The number of hydrogen-bond acceptors (Lipinski definition) is 5. The van der Waals surface area contributed by atoms with Crippen LogP contribution in [0.1, 0.15) is 45.1 Å². The van der Waals surface area contributed by atoms with Crippen LogP contribution in [0.4, 0.5) is 0 Å². The normalized spacial score (nSPS) is 15.6. The van der Waals surface area contributed by atoms with Gasteiger partial charge in [-0.2, -0.15) is 0 Å². The molecule has 4 N–H and O–H groups in total. The molecule has 1 atom stereocenters. The summed E-state index contributed by atoms with van der Waals surface area (Å²) in [6, 6.07) is 13.0. The van der Waals surface area contributed by atoms with E-state index in [1.54, 1.807) is 23.7 Å². The number of aliphatic hydroxyl groups excluding tert-OH is 1. The minimum absolute atomic E-state index is 0.0378. The number of nitrogens with zero attached hydrogens (tertiary/aromatic N) is 1. The SMILES string of the molecule is O=C(/C=C/c1ccc2c(c1)CCC2N(CCO)Cc1ccc(C(=O)O)cc1)NO. The van der Waals surface area contributed by atoms with E-state index in [4.69, 9.17) is 10.3 Å². The molecule has 0 radical (unpaired) electrons. The molecular formula is C22H24N2O5. The maximum Gasteiger partial charge on any atom is 0.335 e. The molecule has 1 unspecified atom stereocenters. The number of aryl methyl sites for hydroxylation is 1. The van der Waals surface area contributed by atoms with Crippen LogP contribution in [0.5, 0.6) is 0 Å². The van der Waals surface area contributed by atoms with Gasteiger partial charge in [0, 0.05) is 25.2 Å². The van der Waals surface area contributed by atoms with Crippen molar-refractivity contribution in [2.75, 3.05) is 13.2 Å². The lowest BCUT2D eigenvalue weighted by molar-refractivity contribution is -0.124. The number of carboxylic acids is 1. The van der Waals surface area contributed by atoms with Crippen LogP contribution < -0.4 is 5.48 Å². The average Bonchev–Trinajstić information content (AvgIpc) is 3.15. The van der Waals surface area contributed by atoms with E-state index >= 15 is 0 Å². The number of carbonyl (C=O) groups is 2. The van der Waals surface area contributed by atoms with E-state index in [-0.39, 0.29) is 18.2 Å². The van der Waals surface area contributed by atoms with Crippen molar-refractivity contribution in [1.82, 2.24) is 10.4 Å². The van der Waals surface area contributed by atoms with Gasteiger partial charge in [-0.3, -0.25) is 14.9 Å². The Morgan fingerprint density at radius 2 is 1.93 bits per heavy atom. The highest BCUT2D eigenvalue weighted by Gasteiger charge is 2.27. The molecule has 0 saturated carbocycles. The van der Waals surface area contributed by atoms with Gasteiger partial charge in [-0.05, 0) is 53.3 Å². The van der Waals surface area contributed by atoms with Gasteiger partial charge in [0.2, 0.25) is 0 Å². The van der Waals surface area contributed by atoms with Crippen molar-refractivity contribution in [2.24, 2.45) is 0 Å². The number of aliphatic hydroxyl groups is 1. The number of aromatic carboxylic acids is 1. The summed E-state index contributed by atoms with van der Waals surface area (Å²) >= 11 is 0. The zero-order chi connectivity index (χ0) is 20.8. The van der Waals surface area contributed by atoms with Gasteiger partial charge < -0.3 is 10.2 Å². The zero-order valence-electron chi connectivity index (χ0n) is 15.9. The average molecular weight is 396 g/mol. The highest BCUT2D eigenvalue weighted by Crippen LogP contribution is 2.37. The molecule has 0 aliphatic heterocycles. The number of nitrogens with one attached hydrogen (secondary N) is 1. The quantitative estimate of drug-likeness (QED) is 0.310. The zero-order valence-corrected chi connectivity index (χ0v) is 15.9. The number of rotatable bonds is 8. The van der Waals surface area contributed by atoms with E-state index in [1.807, 2.05) is 30.3 Å². The number of benzene rings is 2. The van der Waals surface area contributed by atoms with Gasteiger partial charge in [-0.15, -0.1) is 0 Å². The van der Waals surface area contributed by atoms with Crippen LogP contribution in [-0.4, -0.2) is 45.3 Å². The van der Waals surface area contributed by atoms with Gasteiger partial charge in [0.05, 0.1) is 12.2 Å². The summed E-state index contributed by atoms with van der Waals surface area (Å²) in [5, 5.41) is 27.2. The fourth-order valence-electron chi connectivity index (χ4n) is 3.77. The molecule has 29 heavy (non-hydrogen) atoms. The van der Waals surface area contributed by atoms with Crippen molar-refractivity contribution < 1.29 is 25.0 Å². The smallest absolute Gasteiger partial charge is 0.335 e. The monoisotopic (exact) mass is 396 g/mol. The van der Waals surface area contributed by atoms with Gasteiger partial charge in [-0.25, -0.2) is 10.3 Å². The summed E-state index contributed by atoms with van der Waals surface area (Å²) in [6.07, 6.45) is 4.74. The molecule has 0 heterocycles. The van der Waals surface area contributed by atoms with Gasteiger partial charge in [0.15, 0.2) is 0 Å². The fourth-order valence-corrected chi connectivity index (χ4v) is 3.77. The Bertz CT molecular complexity index is 908. The molecule has 3 rings (SSSR count). The molecule has 1 amide bonds. The number of fused-ring (bicyclic) bond motifs is 1. The molecule has 0 spiro atoms. The second kappa shape index (κ2) is 9.47. The van der Waals surface area contributed by atoms with Crippen molar-refractivity contribution in [3.8, 4) is 0 Å². The summed E-state index contributed by atoms with van der Waals surface area (Å²) in [4.78, 5) is 24.4.